The third-order valence-electron chi connectivity index (χ3n) is 2.04. The van der Waals surface area contributed by atoms with Gasteiger partial charge < -0.3 is 9.84 Å². The minimum absolute atomic E-state index is 0.0367. The zero-order valence-corrected chi connectivity index (χ0v) is 8.97. The molecule has 80 valence electrons. The van der Waals surface area contributed by atoms with Crippen LogP contribution in [0.3, 0.4) is 0 Å². The Hall–Kier alpha value is -1.47. The highest BCUT2D eigenvalue weighted by Crippen LogP contribution is 2.39. The SMILES string of the molecule is COc1cc(Cl)c(O)c(C(C)C#N)c1F. The molecule has 5 heteroatoms. The van der Waals surface area contributed by atoms with Crippen LogP contribution in [0.25, 0.3) is 0 Å². The Bertz CT molecular complexity index is 428. The lowest BCUT2D eigenvalue weighted by Gasteiger charge is -2.12. The van der Waals surface area contributed by atoms with Crippen LogP contribution in [0, 0.1) is 17.1 Å². The van der Waals surface area contributed by atoms with E-state index in [1.807, 2.05) is 6.07 Å². The van der Waals surface area contributed by atoms with Crippen molar-refractivity contribution in [3.05, 3.63) is 22.5 Å². The molecular formula is C10H9ClFNO2. The molecule has 0 aliphatic rings. The third-order valence-corrected chi connectivity index (χ3v) is 2.33. The van der Waals surface area contributed by atoms with E-state index in [1.54, 1.807) is 0 Å². The minimum Gasteiger partial charge on any atom is -0.506 e. The van der Waals surface area contributed by atoms with Crippen molar-refractivity contribution in [2.24, 2.45) is 0 Å². The Balaban J connectivity index is 3.48. The monoisotopic (exact) mass is 229 g/mol. The number of nitriles is 1. The van der Waals surface area contributed by atoms with Crippen molar-refractivity contribution < 1.29 is 14.2 Å². The molecule has 1 aromatic rings. The third kappa shape index (κ3) is 1.97. The molecule has 0 amide bonds. The maximum atomic E-state index is 13.7. The van der Waals surface area contributed by atoms with Crippen molar-refractivity contribution in [3.63, 3.8) is 0 Å². The highest BCUT2D eigenvalue weighted by Gasteiger charge is 2.22. The van der Waals surface area contributed by atoms with Gasteiger partial charge in [0, 0.05) is 6.07 Å². The van der Waals surface area contributed by atoms with Gasteiger partial charge in [0.25, 0.3) is 0 Å². The standard InChI is InChI=1S/C10H9ClFNO2/c1-5(4-13)8-9(12)7(15-2)3-6(11)10(8)14/h3,5,14H,1-2H3. The average Bonchev–Trinajstić information content (AvgIpc) is 2.23. The number of methoxy groups -OCH3 is 1. The predicted molar refractivity (Wildman–Crippen MR) is 53.7 cm³/mol. The van der Waals surface area contributed by atoms with E-state index in [-0.39, 0.29) is 16.3 Å². The van der Waals surface area contributed by atoms with Gasteiger partial charge in [0.15, 0.2) is 11.6 Å². The summed E-state index contributed by atoms with van der Waals surface area (Å²) in [6, 6.07) is 2.99. The van der Waals surface area contributed by atoms with Crippen molar-refractivity contribution >= 4 is 11.6 Å². The largest absolute Gasteiger partial charge is 0.506 e. The highest BCUT2D eigenvalue weighted by atomic mass is 35.5. The molecule has 0 fully saturated rings. The van der Waals surface area contributed by atoms with Gasteiger partial charge >= 0.3 is 0 Å². The van der Waals surface area contributed by atoms with Gasteiger partial charge in [-0.05, 0) is 6.92 Å². The van der Waals surface area contributed by atoms with Gasteiger partial charge in [0.1, 0.15) is 5.75 Å². The smallest absolute Gasteiger partial charge is 0.173 e. The fourth-order valence-corrected chi connectivity index (χ4v) is 1.42. The highest BCUT2D eigenvalue weighted by molar-refractivity contribution is 6.32. The summed E-state index contributed by atoms with van der Waals surface area (Å²) in [6.07, 6.45) is 0. The van der Waals surface area contributed by atoms with E-state index >= 15 is 0 Å². The van der Waals surface area contributed by atoms with Crippen molar-refractivity contribution in [1.82, 2.24) is 0 Å². The zero-order chi connectivity index (χ0) is 11.6. The number of nitrogens with zero attached hydrogens (tertiary/aromatic N) is 1. The van der Waals surface area contributed by atoms with Gasteiger partial charge in [0.05, 0.1) is 29.7 Å². The van der Waals surface area contributed by atoms with Crippen LogP contribution in [-0.4, -0.2) is 12.2 Å². The van der Waals surface area contributed by atoms with E-state index in [4.69, 9.17) is 21.6 Å². The Kier molecular flexibility index (Phi) is 3.38. The second-order valence-corrected chi connectivity index (χ2v) is 3.39. The number of aromatic hydroxyl groups is 1. The molecule has 1 unspecified atom stereocenters. The van der Waals surface area contributed by atoms with Gasteiger partial charge in [-0.2, -0.15) is 5.26 Å². The normalized spacial score (nSPS) is 11.9. The Labute approximate surface area is 91.7 Å². The van der Waals surface area contributed by atoms with Gasteiger partial charge in [-0.25, -0.2) is 4.39 Å². The maximum Gasteiger partial charge on any atom is 0.173 e. The summed E-state index contributed by atoms with van der Waals surface area (Å²) >= 11 is 5.66. The van der Waals surface area contributed by atoms with Crippen LogP contribution in [0.5, 0.6) is 11.5 Å². The summed E-state index contributed by atoms with van der Waals surface area (Å²) in [5.74, 6) is -2.05. The summed E-state index contributed by atoms with van der Waals surface area (Å²) in [5.41, 5.74) is -0.137. The first-order valence-electron chi connectivity index (χ1n) is 4.17. The lowest BCUT2D eigenvalue weighted by atomic mass is 10.0. The fourth-order valence-electron chi connectivity index (χ4n) is 1.22. The topological polar surface area (TPSA) is 53.2 Å². The van der Waals surface area contributed by atoms with Crippen LogP contribution >= 0.6 is 11.6 Å². The number of hydrogen-bond acceptors (Lipinski definition) is 3. The predicted octanol–water partition coefficient (Wildman–Crippen LogP) is 2.82. The van der Waals surface area contributed by atoms with Crippen molar-refractivity contribution in [1.29, 1.82) is 5.26 Å². The molecule has 15 heavy (non-hydrogen) atoms. The van der Waals surface area contributed by atoms with Crippen molar-refractivity contribution in [3.8, 4) is 17.6 Å². The molecule has 0 saturated carbocycles. The van der Waals surface area contributed by atoms with Gasteiger partial charge in [0.2, 0.25) is 0 Å². The molecular weight excluding hydrogens is 221 g/mol. The van der Waals surface area contributed by atoms with Gasteiger partial charge in [-0.15, -0.1) is 0 Å². The van der Waals surface area contributed by atoms with Crippen molar-refractivity contribution in [2.75, 3.05) is 7.11 Å². The second-order valence-electron chi connectivity index (χ2n) is 2.99. The van der Waals surface area contributed by atoms with Crippen LogP contribution in [0.1, 0.15) is 18.4 Å². The Morgan fingerprint density at radius 2 is 2.27 bits per heavy atom. The van der Waals surface area contributed by atoms with Crippen LogP contribution < -0.4 is 4.74 Å². The van der Waals surface area contributed by atoms with Gasteiger partial charge in [-0.3, -0.25) is 0 Å². The number of halogens is 2. The summed E-state index contributed by atoms with van der Waals surface area (Å²) < 4.78 is 18.4. The minimum atomic E-state index is -0.794. The number of rotatable bonds is 2. The molecule has 1 aromatic carbocycles. The lowest BCUT2D eigenvalue weighted by Crippen LogP contribution is -1.99. The van der Waals surface area contributed by atoms with Crippen LogP contribution in [0.15, 0.2) is 6.07 Å². The number of phenols is 1. The molecule has 0 aliphatic carbocycles. The summed E-state index contributed by atoms with van der Waals surface area (Å²) in [5, 5.41) is 18.2. The maximum absolute atomic E-state index is 13.7. The van der Waals surface area contributed by atoms with Crippen LogP contribution in [0.2, 0.25) is 5.02 Å². The molecule has 0 aromatic heterocycles. The van der Waals surface area contributed by atoms with Crippen molar-refractivity contribution in [2.45, 2.75) is 12.8 Å². The fraction of sp³-hybridized carbons (Fsp3) is 0.300. The van der Waals surface area contributed by atoms with E-state index in [0.717, 1.165) is 0 Å². The molecule has 0 aliphatic heterocycles. The first-order chi connectivity index (χ1) is 7.02. The quantitative estimate of drug-likeness (QED) is 0.849. The molecule has 3 nitrogen and oxygen atoms in total. The van der Waals surface area contributed by atoms with Crippen LogP contribution in [-0.2, 0) is 0 Å². The zero-order valence-electron chi connectivity index (χ0n) is 8.21. The summed E-state index contributed by atoms with van der Waals surface area (Å²) in [6.45, 7) is 1.47. The molecule has 0 bridgehead atoms. The molecule has 1 N–H and O–H groups in total. The number of phenolic OH excluding ortho intramolecular Hbond substituents is 1. The van der Waals surface area contributed by atoms with E-state index in [0.29, 0.717) is 0 Å². The first kappa shape index (κ1) is 11.6. The Morgan fingerprint density at radius 1 is 1.67 bits per heavy atom. The molecule has 1 atom stereocenters. The lowest BCUT2D eigenvalue weighted by molar-refractivity contribution is 0.377. The molecule has 1 rings (SSSR count). The average molecular weight is 230 g/mol. The summed E-state index contributed by atoms with van der Waals surface area (Å²) in [7, 11) is 1.28. The summed E-state index contributed by atoms with van der Waals surface area (Å²) in [4.78, 5) is 0. The number of hydrogen-bond donors (Lipinski definition) is 1. The Morgan fingerprint density at radius 3 is 2.73 bits per heavy atom. The molecule has 0 saturated heterocycles. The first-order valence-corrected chi connectivity index (χ1v) is 4.55. The van der Waals surface area contributed by atoms with E-state index in [2.05, 4.69) is 0 Å². The van der Waals surface area contributed by atoms with Gasteiger partial charge in [-0.1, -0.05) is 11.6 Å². The number of benzene rings is 1. The van der Waals surface area contributed by atoms with E-state index < -0.39 is 17.5 Å². The second kappa shape index (κ2) is 4.37. The van der Waals surface area contributed by atoms with E-state index in [9.17, 15) is 9.50 Å². The number of ether oxygens (including phenoxy) is 1. The van der Waals surface area contributed by atoms with E-state index in [1.165, 1.54) is 20.1 Å². The molecule has 0 radical (unpaired) electrons. The molecule has 0 spiro atoms. The molecule has 0 heterocycles. The van der Waals surface area contributed by atoms with Crippen LogP contribution in [0.4, 0.5) is 4.39 Å².